The molecule has 1 aromatic heterocycles. The Balaban J connectivity index is 1.50. The van der Waals surface area contributed by atoms with Crippen LogP contribution in [0.3, 0.4) is 0 Å². The Morgan fingerprint density at radius 2 is 2.13 bits per heavy atom. The summed E-state index contributed by atoms with van der Waals surface area (Å²) in [5.74, 6) is 0.133. The number of benzene rings is 1. The Hall–Kier alpha value is -1.57. The molecular formula is C16H17BClN5O6PS+. The number of aliphatic hydroxyl groups excluding tert-OH is 1. The van der Waals surface area contributed by atoms with Crippen LogP contribution in [0, 0.1) is 0 Å². The second-order valence-corrected chi connectivity index (χ2v) is 10.3. The van der Waals surface area contributed by atoms with Crippen LogP contribution in [0.4, 0.5) is 17.5 Å². The van der Waals surface area contributed by atoms with E-state index in [1.165, 1.54) is 11.8 Å². The number of thioether (sulfide) groups is 1. The number of nitrogens with zero attached hydrogens (tertiary/aromatic N) is 2. The SMILES string of the molecule is [B][P+]1(O)OC[C@H]2OC(N3c4nc(N)[nH]c(=O)c4NC3Sc3ccc(Cl)cc3)C(O)[C@@H]2O1. The van der Waals surface area contributed by atoms with Crippen LogP contribution in [0.2, 0.25) is 5.02 Å². The van der Waals surface area contributed by atoms with Crippen LogP contribution in [0.5, 0.6) is 0 Å². The summed E-state index contributed by atoms with van der Waals surface area (Å²) in [6.45, 7) is -0.0485. The highest BCUT2D eigenvalue weighted by atomic mass is 35.5. The van der Waals surface area contributed by atoms with Gasteiger partial charge in [-0.15, -0.1) is 0 Å². The lowest BCUT2D eigenvalue weighted by atomic mass is 10.1. The molecule has 6 atom stereocenters. The van der Waals surface area contributed by atoms with E-state index in [0.717, 1.165) is 4.90 Å². The fourth-order valence-electron chi connectivity index (χ4n) is 3.68. The molecule has 3 aliphatic rings. The third-order valence-corrected chi connectivity index (χ3v) is 7.45. The van der Waals surface area contributed by atoms with Gasteiger partial charge in [-0.2, -0.15) is 14.0 Å². The monoisotopic (exact) mass is 484 g/mol. The van der Waals surface area contributed by atoms with Crippen LogP contribution >= 0.6 is 31.2 Å². The van der Waals surface area contributed by atoms with E-state index in [1.807, 2.05) is 12.1 Å². The van der Waals surface area contributed by atoms with Gasteiger partial charge in [0.05, 0.1) is 0 Å². The van der Waals surface area contributed by atoms with Gasteiger partial charge in [-0.1, -0.05) is 23.4 Å². The normalized spacial score (nSPS) is 34.3. The van der Waals surface area contributed by atoms with E-state index in [2.05, 4.69) is 15.3 Å². The van der Waals surface area contributed by atoms with Crippen LogP contribution in [-0.4, -0.2) is 64.2 Å². The van der Waals surface area contributed by atoms with Crippen molar-refractivity contribution in [3.8, 4) is 0 Å². The van der Waals surface area contributed by atoms with Crippen LogP contribution in [0.1, 0.15) is 0 Å². The minimum absolute atomic E-state index is 0.0485. The van der Waals surface area contributed by atoms with Crippen LogP contribution < -0.4 is 21.5 Å². The lowest BCUT2D eigenvalue weighted by Crippen LogP contribution is -2.49. The number of fused-ring (bicyclic) bond motifs is 2. The molecule has 0 bridgehead atoms. The molecule has 15 heteroatoms. The number of H-pyrrole nitrogens is 1. The van der Waals surface area contributed by atoms with Gasteiger partial charge < -0.3 is 20.9 Å². The minimum atomic E-state index is -3.54. The molecule has 3 aliphatic heterocycles. The Kier molecular flexibility index (Phi) is 5.35. The molecule has 5 rings (SSSR count). The molecular weight excluding hydrogens is 468 g/mol. The second kappa shape index (κ2) is 7.78. The lowest BCUT2D eigenvalue weighted by Gasteiger charge is -2.32. The van der Waals surface area contributed by atoms with E-state index in [0.29, 0.717) is 5.02 Å². The fourth-order valence-corrected chi connectivity index (χ4v) is 5.90. The van der Waals surface area contributed by atoms with Crippen molar-refractivity contribution in [2.24, 2.45) is 0 Å². The highest BCUT2D eigenvalue weighted by Crippen LogP contribution is 2.58. The van der Waals surface area contributed by atoms with Crippen LogP contribution in [0.15, 0.2) is 34.0 Å². The molecule has 2 aromatic rings. The predicted molar refractivity (Wildman–Crippen MR) is 117 cm³/mol. The van der Waals surface area contributed by atoms with Crippen molar-refractivity contribution in [3.63, 3.8) is 0 Å². The molecule has 11 nitrogen and oxygen atoms in total. The Bertz CT molecular complexity index is 1060. The molecule has 162 valence electrons. The molecule has 4 heterocycles. The summed E-state index contributed by atoms with van der Waals surface area (Å²) < 4.78 is 16.5. The molecule has 4 unspecified atom stereocenters. The predicted octanol–water partition coefficient (Wildman–Crippen LogP) is 0.653. The topological polar surface area (TPSA) is 155 Å². The number of nitrogen functional groups attached to an aromatic ring is 1. The number of aromatic amines is 1. The maximum absolute atomic E-state index is 12.5. The molecule has 1 aromatic carbocycles. The number of nitrogens with one attached hydrogen (secondary N) is 2. The summed E-state index contributed by atoms with van der Waals surface area (Å²) >= 11 is 7.33. The first-order valence-electron chi connectivity index (χ1n) is 9.15. The van der Waals surface area contributed by atoms with Crippen LogP contribution in [-0.2, 0) is 13.8 Å². The number of hydrogen-bond donors (Lipinski definition) is 5. The summed E-state index contributed by atoms with van der Waals surface area (Å²) in [6, 6.07) is 7.13. The number of halogens is 1. The van der Waals surface area contributed by atoms with E-state index in [1.54, 1.807) is 17.0 Å². The van der Waals surface area contributed by atoms with Crippen molar-refractivity contribution in [3.05, 3.63) is 39.6 Å². The number of aliphatic hydroxyl groups is 1. The summed E-state index contributed by atoms with van der Waals surface area (Å²) in [6.07, 6.45) is -3.78. The smallest absolute Gasteiger partial charge is 0.385 e. The van der Waals surface area contributed by atoms with Gasteiger partial charge in [0.25, 0.3) is 5.56 Å². The van der Waals surface area contributed by atoms with Gasteiger partial charge >= 0.3 is 15.4 Å². The molecule has 0 saturated carbocycles. The minimum Gasteiger partial charge on any atom is -0.385 e. The van der Waals surface area contributed by atoms with E-state index in [4.69, 9.17) is 38.7 Å². The molecule has 2 saturated heterocycles. The number of aromatic nitrogens is 2. The van der Waals surface area contributed by atoms with Gasteiger partial charge in [0.15, 0.2) is 23.6 Å². The van der Waals surface area contributed by atoms with Crippen molar-refractivity contribution >= 4 is 56.2 Å². The first kappa shape index (κ1) is 21.3. The quantitative estimate of drug-likeness (QED) is 0.308. The lowest BCUT2D eigenvalue weighted by molar-refractivity contribution is -0.0443. The summed E-state index contributed by atoms with van der Waals surface area (Å²) in [7, 11) is 2.05. The summed E-state index contributed by atoms with van der Waals surface area (Å²) in [5, 5.41) is 14.7. The van der Waals surface area contributed by atoms with Gasteiger partial charge in [0, 0.05) is 9.92 Å². The van der Waals surface area contributed by atoms with Crippen molar-refractivity contribution in [2.45, 2.75) is 34.9 Å². The first-order chi connectivity index (χ1) is 14.7. The number of anilines is 3. The molecule has 0 spiro atoms. The molecule has 31 heavy (non-hydrogen) atoms. The van der Waals surface area contributed by atoms with Crippen LogP contribution in [0.25, 0.3) is 0 Å². The largest absolute Gasteiger partial charge is 0.488 e. The van der Waals surface area contributed by atoms with Gasteiger partial charge in [-0.05, 0) is 24.3 Å². The van der Waals surface area contributed by atoms with E-state index in [-0.39, 0.29) is 24.1 Å². The maximum atomic E-state index is 12.5. The molecule has 6 N–H and O–H groups in total. The molecule has 2 fully saturated rings. The van der Waals surface area contributed by atoms with Crippen molar-refractivity contribution in [2.75, 3.05) is 22.6 Å². The van der Waals surface area contributed by atoms with Crippen molar-refractivity contribution < 1.29 is 23.8 Å². The standard InChI is InChI=1S/C16H17BClN5O6PS/c17-30(26)27-5-8-11(29-30)10(24)14(28-8)23-12-9(13(25)22-15(19)21-12)20-16(23)31-7-3-1-6(18)2-4-7/h1-4,8,10-11,14,16,20,24,26H,5H2,(H3,19,21,22,25)/q+1/t8-,10?,11-,14?,16?,30?/m1/s1. The zero-order valence-electron chi connectivity index (χ0n) is 15.7. The van der Waals surface area contributed by atoms with Crippen molar-refractivity contribution in [1.82, 2.24) is 9.97 Å². The second-order valence-electron chi connectivity index (χ2n) is 7.11. The van der Waals surface area contributed by atoms with Gasteiger partial charge in [0.2, 0.25) is 5.95 Å². The number of nitrogens with two attached hydrogens (primary N) is 1. The van der Waals surface area contributed by atoms with Crippen molar-refractivity contribution in [1.29, 1.82) is 0 Å². The third kappa shape index (κ3) is 3.89. The Morgan fingerprint density at radius 3 is 2.87 bits per heavy atom. The number of hydrogen-bond acceptors (Lipinski definition) is 11. The molecule has 0 amide bonds. The highest BCUT2D eigenvalue weighted by molar-refractivity contribution is 8.00. The number of ether oxygens (including phenoxy) is 1. The van der Waals surface area contributed by atoms with Gasteiger partial charge in [0.1, 0.15) is 24.5 Å². The number of rotatable bonds is 3. The van der Waals surface area contributed by atoms with E-state index >= 15 is 0 Å². The third-order valence-electron chi connectivity index (χ3n) is 5.03. The van der Waals surface area contributed by atoms with E-state index < -0.39 is 43.4 Å². The van der Waals surface area contributed by atoms with Gasteiger partial charge in [-0.25, -0.2) is 4.89 Å². The average Bonchev–Trinajstić information content (AvgIpc) is 3.20. The summed E-state index contributed by atoms with van der Waals surface area (Å²) in [5.41, 5.74) is 4.90. The zero-order valence-corrected chi connectivity index (χ0v) is 18.2. The Morgan fingerprint density at radius 1 is 1.39 bits per heavy atom. The maximum Gasteiger partial charge on any atom is 0.488 e. The zero-order chi connectivity index (χ0) is 21.9. The fraction of sp³-hybridized carbons (Fsp3) is 0.375. The first-order valence-corrected chi connectivity index (χ1v) is 12.1. The summed E-state index contributed by atoms with van der Waals surface area (Å²) in [4.78, 5) is 31.6. The Labute approximate surface area is 187 Å². The highest BCUT2D eigenvalue weighted by Gasteiger charge is 2.59. The van der Waals surface area contributed by atoms with Gasteiger partial charge in [-0.3, -0.25) is 14.7 Å². The average molecular weight is 485 g/mol. The van der Waals surface area contributed by atoms with E-state index in [9.17, 15) is 14.8 Å². The molecule has 0 aliphatic carbocycles. The molecule has 2 radical (unpaired) electrons.